The summed E-state index contributed by atoms with van der Waals surface area (Å²) >= 11 is 0. The Balaban J connectivity index is 1.70. The minimum absolute atomic E-state index is 0.184. The van der Waals surface area contributed by atoms with Gasteiger partial charge in [0.25, 0.3) is 5.91 Å². The lowest BCUT2D eigenvalue weighted by molar-refractivity contribution is -0.139. The second kappa shape index (κ2) is 8.49. The van der Waals surface area contributed by atoms with E-state index < -0.39 is 18.5 Å². The van der Waals surface area contributed by atoms with Crippen LogP contribution in [-0.2, 0) is 4.79 Å². The maximum atomic E-state index is 12.2. The van der Waals surface area contributed by atoms with Crippen LogP contribution in [0, 0.1) is 0 Å². The Morgan fingerprint density at radius 3 is 2.61 bits per heavy atom. The minimum atomic E-state index is -1.11. The molecule has 2 aromatic carbocycles. The van der Waals surface area contributed by atoms with Crippen molar-refractivity contribution in [2.75, 3.05) is 6.61 Å². The van der Waals surface area contributed by atoms with Crippen molar-refractivity contribution < 1.29 is 24.5 Å². The van der Waals surface area contributed by atoms with Gasteiger partial charge in [-0.25, -0.2) is 14.9 Å². The summed E-state index contributed by atoms with van der Waals surface area (Å²) in [4.78, 5) is 22.9. The van der Waals surface area contributed by atoms with Crippen LogP contribution in [-0.4, -0.2) is 44.7 Å². The summed E-state index contributed by atoms with van der Waals surface area (Å²) in [6, 6.07) is 15.6. The number of nitrogens with one attached hydrogen (secondary N) is 1. The standard InChI is InChI=1S/C19H16N4O5/c24-15-11-23(14-7-2-1-3-8-14)22-18(15)19(27)21-20-10-13-6-4-5-9-16(13)28-12-17(25)26/h1-11,24H,12H2,(H,21,27)(H,25,26)/b20-10+. The zero-order valence-corrected chi connectivity index (χ0v) is 14.5. The van der Waals surface area contributed by atoms with Crippen molar-refractivity contribution in [1.82, 2.24) is 15.2 Å². The summed E-state index contributed by atoms with van der Waals surface area (Å²) in [5, 5.41) is 26.6. The molecule has 0 unspecified atom stereocenters. The van der Waals surface area contributed by atoms with Gasteiger partial charge in [-0.2, -0.15) is 10.2 Å². The molecule has 0 aliphatic rings. The number of carbonyl (C=O) groups is 2. The monoisotopic (exact) mass is 380 g/mol. The molecule has 3 rings (SSSR count). The van der Waals surface area contributed by atoms with Crippen LogP contribution in [0.3, 0.4) is 0 Å². The summed E-state index contributed by atoms with van der Waals surface area (Å²) in [6.45, 7) is -0.498. The van der Waals surface area contributed by atoms with Crippen LogP contribution in [0.5, 0.6) is 11.5 Å². The SMILES string of the molecule is O=C(O)COc1ccccc1/C=N/NC(=O)c1nn(-c2ccccc2)cc1O. The number of aromatic nitrogens is 2. The van der Waals surface area contributed by atoms with Gasteiger partial charge in [-0.05, 0) is 24.3 Å². The Morgan fingerprint density at radius 2 is 1.86 bits per heavy atom. The average molecular weight is 380 g/mol. The third kappa shape index (κ3) is 4.52. The third-order valence-electron chi connectivity index (χ3n) is 3.57. The number of rotatable bonds is 7. The highest BCUT2D eigenvalue weighted by Gasteiger charge is 2.16. The molecule has 0 aliphatic carbocycles. The zero-order valence-electron chi connectivity index (χ0n) is 14.5. The molecule has 9 nitrogen and oxygen atoms in total. The van der Waals surface area contributed by atoms with Crippen LogP contribution in [0.4, 0.5) is 0 Å². The number of carboxylic acids is 1. The van der Waals surface area contributed by atoms with E-state index >= 15 is 0 Å². The molecule has 9 heteroatoms. The molecule has 1 amide bonds. The topological polar surface area (TPSA) is 126 Å². The van der Waals surface area contributed by atoms with Gasteiger partial charge < -0.3 is 14.9 Å². The smallest absolute Gasteiger partial charge is 0.341 e. The highest BCUT2D eigenvalue weighted by atomic mass is 16.5. The van der Waals surface area contributed by atoms with Gasteiger partial charge in [0.05, 0.1) is 18.1 Å². The quantitative estimate of drug-likeness (QED) is 0.424. The number of carboxylic acid groups (broad SMARTS) is 1. The molecule has 0 saturated carbocycles. The van der Waals surface area contributed by atoms with E-state index in [2.05, 4.69) is 15.6 Å². The first-order valence-corrected chi connectivity index (χ1v) is 8.15. The zero-order chi connectivity index (χ0) is 19.9. The first-order valence-electron chi connectivity index (χ1n) is 8.15. The molecule has 0 bridgehead atoms. The fourth-order valence-electron chi connectivity index (χ4n) is 2.31. The normalized spacial score (nSPS) is 10.7. The van der Waals surface area contributed by atoms with Crippen molar-refractivity contribution >= 4 is 18.1 Å². The molecule has 1 heterocycles. The van der Waals surface area contributed by atoms with Gasteiger partial charge in [0.15, 0.2) is 18.1 Å². The molecule has 0 aliphatic heterocycles. The summed E-state index contributed by atoms with van der Waals surface area (Å²) < 4.78 is 6.53. The van der Waals surface area contributed by atoms with Gasteiger partial charge in [-0.15, -0.1) is 0 Å². The van der Waals surface area contributed by atoms with Gasteiger partial charge in [-0.3, -0.25) is 4.79 Å². The number of ether oxygens (including phenoxy) is 1. The Bertz CT molecular complexity index is 1010. The Hall–Kier alpha value is -4.14. The second-order valence-electron chi connectivity index (χ2n) is 5.56. The Labute approximate surface area is 159 Å². The van der Waals surface area contributed by atoms with Crippen LogP contribution >= 0.6 is 0 Å². The van der Waals surface area contributed by atoms with Crippen molar-refractivity contribution in [2.45, 2.75) is 0 Å². The molecule has 3 aromatic rings. The van der Waals surface area contributed by atoms with Gasteiger partial charge in [0.1, 0.15) is 5.75 Å². The van der Waals surface area contributed by atoms with Gasteiger partial charge in [-0.1, -0.05) is 30.3 Å². The molecular weight excluding hydrogens is 364 g/mol. The lowest BCUT2D eigenvalue weighted by Gasteiger charge is -2.06. The van der Waals surface area contributed by atoms with E-state index in [0.29, 0.717) is 17.0 Å². The van der Waals surface area contributed by atoms with Crippen molar-refractivity contribution in [3.05, 3.63) is 72.1 Å². The number of aliphatic carboxylic acids is 1. The highest BCUT2D eigenvalue weighted by molar-refractivity contribution is 5.95. The largest absolute Gasteiger partial charge is 0.504 e. The summed E-state index contributed by atoms with van der Waals surface area (Å²) in [5.41, 5.74) is 3.24. The molecule has 0 saturated heterocycles. The maximum Gasteiger partial charge on any atom is 0.341 e. The first-order chi connectivity index (χ1) is 13.5. The number of hydrogen-bond acceptors (Lipinski definition) is 6. The van der Waals surface area contributed by atoms with Crippen molar-refractivity contribution in [2.24, 2.45) is 5.10 Å². The van der Waals surface area contributed by atoms with Crippen LogP contribution < -0.4 is 10.2 Å². The Kier molecular flexibility index (Phi) is 5.66. The van der Waals surface area contributed by atoms with E-state index in [4.69, 9.17) is 9.84 Å². The number of carbonyl (C=O) groups excluding carboxylic acids is 1. The molecular formula is C19H16N4O5. The number of hydrogen-bond donors (Lipinski definition) is 3. The number of aromatic hydroxyl groups is 1. The molecule has 28 heavy (non-hydrogen) atoms. The van der Waals surface area contributed by atoms with Gasteiger partial charge >= 0.3 is 5.97 Å². The minimum Gasteiger partial charge on any atom is -0.504 e. The maximum absolute atomic E-state index is 12.2. The molecule has 0 atom stereocenters. The number of benzene rings is 2. The van der Waals surface area contributed by atoms with E-state index in [1.807, 2.05) is 18.2 Å². The van der Waals surface area contributed by atoms with Crippen LogP contribution in [0.15, 0.2) is 65.9 Å². The van der Waals surface area contributed by atoms with Gasteiger partial charge in [0, 0.05) is 5.56 Å². The summed E-state index contributed by atoms with van der Waals surface area (Å²) in [5.74, 6) is -1.79. The lowest BCUT2D eigenvalue weighted by Crippen LogP contribution is -2.19. The summed E-state index contributed by atoms with van der Waals surface area (Å²) in [6.07, 6.45) is 2.63. The number of nitrogens with zero attached hydrogens (tertiary/aromatic N) is 3. The fraction of sp³-hybridized carbons (Fsp3) is 0.0526. The predicted molar refractivity (Wildman–Crippen MR) is 99.9 cm³/mol. The lowest BCUT2D eigenvalue weighted by atomic mass is 10.2. The fourth-order valence-corrected chi connectivity index (χ4v) is 2.31. The van der Waals surface area contributed by atoms with E-state index in [1.54, 1.807) is 36.4 Å². The van der Waals surface area contributed by atoms with Crippen LogP contribution in [0.25, 0.3) is 5.69 Å². The molecule has 0 spiro atoms. The van der Waals surface area contributed by atoms with E-state index in [9.17, 15) is 14.7 Å². The van der Waals surface area contributed by atoms with E-state index in [-0.39, 0.29) is 11.4 Å². The van der Waals surface area contributed by atoms with E-state index in [0.717, 1.165) is 0 Å². The average Bonchev–Trinajstić information content (AvgIpc) is 3.09. The number of para-hydroxylation sites is 2. The molecule has 1 aromatic heterocycles. The van der Waals surface area contributed by atoms with E-state index in [1.165, 1.54) is 17.1 Å². The molecule has 0 fully saturated rings. The highest BCUT2D eigenvalue weighted by Crippen LogP contribution is 2.18. The predicted octanol–water partition coefficient (Wildman–Crippen LogP) is 1.81. The number of amides is 1. The van der Waals surface area contributed by atoms with Crippen LogP contribution in [0.2, 0.25) is 0 Å². The van der Waals surface area contributed by atoms with Gasteiger partial charge in [0.2, 0.25) is 0 Å². The third-order valence-corrected chi connectivity index (χ3v) is 3.57. The first kappa shape index (κ1) is 18.6. The van der Waals surface area contributed by atoms with Crippen molar-refractivity contribution in [1.29, 1.82) is 0 Å². The van der Waals surface area contributed by atoms with Crippen molar-refractivity contribution in [3.8, 4) is 17.2 Å². The molecule has 142 valence electrons. The summed E-state index contributed by atoms with van der Waals surface area (Å²) in [7, 11) is 0. The number of hydrazone groups is 1. The second-order valence-corrected chi connectivity index (χ2v) is 5.56. The molecule has 3 N–H and O–H groups in total. The molecule has 0 radical (unpaired) electrons. The Morgan fingerprint density at radius 1 is 1.14 bits per heavy atom. The van der Waals surface area contributed by atoms with Crippen molar-refractivity contribution in [3.63, 3.8) is 0 Å². The van der Waals surface area contributed by atoms with Crippen LogP contribution in [0.1, 0.15) is 16.1 Å².